The normalized spacial score (nSPS) is 11.7. The van der Waals surface area contributed by atoms with Crippen LogP contribution in [-0.2, 0) is 18.3 Å². The Kier molecular flexibility index (Phi) is 8.59. The van der Waals surface area contributed by atoms with Crippen molar-refractivity contribution in [2.24, 2.45) is 12.0 Å². The van der Waals surface area contributed by atoms with Gasteiger partial charge in [-0.25, -0.2) is 0 Å². The molecule has 0 atom stereocenters. The number of nitrogens with zero attached hydrogens (tertiary/aromatic N) is 3. The Labute approximate surface area is 129 Å². The monoisotopic (exact) mass is 294 g/mol. The van der Waals surface area contributed by atoms with Gasteiger partial charge in [0.15, 0.2) is 5.96 Å². The molecule has 0 aliphatic heterocycles. The first-order valence-electron chi connectivity index (χ1n) is 7.77. The van der Waals surface area contributed by atoms with Crippen LogP contribution in [0.25, 0.3) is 0 Å². The Hall–Kier alpha value is -1.49. The van der Waals surface area contributed by atoms with E-state index >= 15 is 0 Å². The summed E-state index contributed by atoms with van der Waals surface area (Å²) in [5.41, 5.74) is 1.28. The van der Waals surface area contributed by atoms with E-state index in [1.54, 1.807) is 7.11 Å². The van der Waals surface area contributed by atoms with Crippen molar-refractivity contribution in [2.45, 2.75) is 32.7 Å². The van der Waals surface area contributed by atoms with Crippen molar-refractivity contribution in [1.29, 1.82) is 0 Å². The minimum absolute atomic E-state index is 0.844. The van der Waals surface area contributed by atoms with Gasteiger partial charge in [-0.2, -0.15) is 0 Å². The quantitative estimate of drug-likeness (QED) is 0.431. The highest BCUT2D eigenvalue weighted by molar-refractivity contribution is 5.79. The van der Waals surface area contributed by atoms with Crippen LogP contribution in [0.5, 0.6) is 0 Å². The second-order valence-corrected chi connectivity index (χ2v) is 5.26. The second-order valence-electron chi connectivity index (χ2n) is 5.26. The lowest BCUT2D eigenvalue weighted by Gasteiger charge is -2.22. The number of aryl methyl sites for hydroxylation is 1. The minimum Gasteiger partial charge on any atom is -0.385 e. The van der Waals surface area contributed by atoms with E-state index in [0.29, 0.717) is 0 Å². The molecule has 1 aromatic heterocycles. The molecule has 0 fully saturated rings. The van der Waals surface area contributed by atoms with Crippen LogP contribution in [0.3, 0.4) is 0 Å². The third-order valence-corrected chi connectivity index (χ3v) is 3.42. The van der Waals surface area contributed by atoms with Crippen LogP contribution >= 0.6 is 0 Å². The number of aromatic nitrogens is 1. The fourth-order valence-corrected chi connectivity index (χ4v) is 2.17. The Balaban J connectivity index is 2.45. The Morgan fingerprint density at radius 3 is 2.81 bits per heavy atom. The summed E-state index contributed by atoms with van der Waals surface area (Å²) in [5, 5.41) is 3.36. The molecular formula is C16H30N4O. The minimum atomic E-state index is 0.844. The van der Waals surface area contributed by atoms with Crippen molar-refractivity contribution < 1.29 is 4.74 Å². The predicted molar refractivity (Wildman–Crippen MR) is 88.6 cm³/mol. The van der Waals surface area contributed by atoms with Gasteiger partial charge in [-0.15, -0.1) is 0 Å². The maximum absolute atomic E-state index is 5.06. The van der Waals surface area contributed by atoms with Crippen molar-refractivity contribution in [3.05, 3.63) is 24.0 Å². The third-order valence-electron chi connectivity index (χ3n) is 3.42. The number of nitrogens with one attached hydrogen (secondary N) is 1. The molecule has 0 amide bonds. The maximum atomic E-state index is 5.06. The molecule has 120 valence electrons. The van der Waals surface area contributed by atoms with Crippen LogP contribution in [0.2, 0.25) is 0 Å². The highest BCUT2D eigenvalue weighted by Gasteiger charge is 2.07. The second kappa shape index (κ2) is 10.3. The topological polar surface area (TPSA) is 41.8 Å². The SMILES string of the molecule is CCNC(=NCCCCCOC)N(C)Cc1cccn1C. The van der Waals surface area contributed by atoms with Crippen LogP contribution in [-0.4, -0.2) is 49.3 Å². The summed E-state index contributed by atoms with van der Waals surface area (Å²) in [6.07, 6.45) is 5.46. The van der Waals surface area contributed by atoms with E-state index in [1.807, 2.05) is 0 Å². The summed E-state index contributed by atoms with van der Waals surface area (Å²) in [6, 6.07) is 4.22. The molecule has 0 saturated heterocycles. The van der Waals surface area contributed by atoms with Crippen LogP contribution in [0.1, 0.15) is 31.9 Å². The average Bonchev–Trinajstić information content (AvgIpc) is 2.86. The van der Waals surface area contributed by atoms with Gasteiger partial charge in [0.25, 0.3) is 0 Å². The van der Waals surface area contributed by atoms with Gasteiger partial charge in [0, 0.05) is 52.8 Å². The van der Waals surface area contributed by atoms with E-state index in [1.165, 1.54) is 5.69 Å². The van der Waals surface area contributed by atoms with Gasteiger partial charge in [-0.05, 0) is 38.3 Å². The summed E-state index contributed by atoms with van der Waals surface area (Å²) in [5.74, 6) is 0.977. The largest absolute Gasteiger partial charge is 0.385 e. The van der Waals surface area contributed by atoms with Gasteiger partial charge >= 0.3 is 0 Å². The molecule has 5 nitrogen and oxygen atoms in total. The van der Waals surface area contributed by atoms with E-state index in [9.17, 15) is 0 Å². The van der Waals surface area contributed by atoms with Crippen molar-refractivity contribution >= 4 is 5.96 Å². The molecular weight excluding hydrogens is 264 g/mol. The zero-order valence-corrected chi connectivity index (χ0v) is 13.9. The van der Waals surface area contributed by atoms with E-state index < -0.39 is 0 Å². The molecule has 0 spiro atoms. The molecule has 21 heavy (non-hydrogen) atoms. The first-order valence-corrected chi connectivity index (χ1v) is 7.77. The zero-order chi connectivity index (χ0) is 15.5. The van der Waals surface area contributed by atoms with Gasteiger partial charge in [0.2, 0.25) is 0 Å². The summed E-state index contributed by atoms with van der Waals surface area (Å²) < 4.78 is 7.20. The summed E-state index contributed by atoms with van der Waals surface area (Å²) >= 11 is 0. The molecule has 5 heteroatoms. The molecule has 0 saturated carbocycles. The molecule has 0 aliphatic rings. The summed E-state index contributed by atoms with van der Waals surface area (Å²) in [4.78, 5) is 6.88. The lowest BCUT2D eigenvalue weighted by Crippen LogP contribution is -2.38. The summed E-state index contributed by atoms with van der Waals surface area (Å²) in [7, 11) is 5.91. The van der Waals surface area contributed by atoms with Crippen molar-refractivity contribution in [3.8, 4) is 0 Å². The first kappa shape index (κ1) is 17.6. The van der Waals surface area contributed by atoms with E-state index in [-0.39, 0.29) is 0 Å². The Morgan fingerprint density at radius 2 is 2.19 bits per heavy atom. The lowest BCUT2D eigenvalue weighted by atomic mass is 10.2. The summed E-state index contributed by atoms with van der Waals surface area (Å²) in [6.45, 7) is 5.56. The highest BCUT2D eigenvalue weighted by Crippen LogP contribution is 2.04. The zero-order valence-electron chi connectivity index (χ0n) is 13.9. The number of rotatable bonds is 9. The van der Waals surface area contributed by atoms with Gasteiger partial charge in [0.1, 0.15) is 0 Å². The number of ether oxygens (including phenoxy) is 1. The van der Waals surface area contributed by atoms with E-state index in [4.69, 9.17) is 9.73 Å². The van der Waals surface area contributed by atoms with Gasteiger partial charge in [-0.3, -0.25) is 4.99 Å². The molecule has 1 aromatic rings. The molecule has 0 unspecified atom stereocenters. The van der Waals surface area contributed by atoms with E-state index in [2.05, 4.69) is 54.1 Å². The molecule has 0 aromatic carbocycles. The van der Waals surface area contributed by atoms with Gasteiger partial charge < -0.3 is 19.5 Å². The van der Waals surface area contributed by atoms with Crippen molar-refractivity contribution in [1.82, 2.24) is 14.8 Å². The Bertz CT molecular complexity index is 414. The number of methoxy groups -OCH3 is 1. The fourth-order valence-electron chi connectivity index (χ4n) is 2.17. The van der Waals surface area contributed by atoms with Gasteiger partial charge in [0.05, 0.1) is 6.54 Å². The van der Waals surface area contributed by atoms with Crippen LogP contribution < -0.4 is 5.32 Å². The molecule has 0 aliphatic carbocycles. The van der Waals surface area contributed by atoms with Crippen molar-refractivity contribution in [3.63, 3.8) is 0 Å². The maximum Gasteiger partial charge on any atom is 0.194 e. The molecule has 1 N–H and O–H groups in total. The Morgan fingerprint density at radius 1 is 1.38 bits per heavy atom. The van der Waals surface area contributed by atoms with Gasteiger partial charge in [-0.1, -0.05) is 0 Å². The number of unbranched alkanes of at least 4 members (excludes halogenated alkanes) is 2. The molecule has 0 radical (unpaired) electrons. The average molecular weight is 294 g/mol. The van der Waals surface area contributed by atoms with Crippen LogP contribution in [0.15, 0.2) is 23.3 Å². The van der Waals surface area contributed by atoms with E-state index in [0.717, 1.165) is 51.5 Å². The molecule has 0 bridgehead atoms. The third kappa shape index (κ3) is 6.67. The number of aliphatic imine (C=N–C) groups is 1. The highest BCUT2D eigenvalue weighted by atomic mass is 16.5. The van der Waals surface area contributed by atoms with Crippen LogP contribution in [0.4, 0.5) is 0 Å². The number of hydrogen-bond donors (Lipinski definition) is 1. The van der Waals surface area contributed by atoms with Crippen LogP contribution in [0, 0.1) is 0 Å². The molecule has 1 heterocycles. The van der Waals surface area contributed by atoms with Crippen molar-refractivity contribution in [2.75, 3.05) is 33.9 Å². The predicted octanol–water partition coefficient (Wildman–Crippen LogP) is 2.24. The first-order chi connectivity index (χ1) is 10.2. The number of hydrogen-bond acceptors (Lipinski definition) is 2. The smallest absolute Gasteiger partial charge is 0.194 e. The molecule has 1 rings (SSSR count). The fraction of sp³-hybridized carbons (Fsp3) is 0.688. The lowest BCUT2D eigenvalue weighted by molar-refractivity contribution is 0.192. The number of guanidine groups is 1. The standard InChI is InChI=1S/C16H30N4O/c1-5-17-16(18-11-7-6-8-13-21-4)20(3)14-15-10-9-12-19(15)2/h9-10,12H,5-8,11,13-14H2,1-4H3,(H,17,18).